The van der Waals surface area contributed by atoms with Gasteiger partial charge >= 0.3 is 5.69 Å². The van der Waals surface area contributed by atoms with Gasteiger partial charge in [0, 0.05) is 6.21 Å². The molecule has 30 heavy (non-hydrogen) atoms. The number of rotatable bonds is 6. The Bertz CT molecular complexity index is 1260. The molecule has 2 aromatic carbocycles. The van der Waals surface area contributed by atoms with E-state index in [9.17, 15) is 24.8 Å². The van der Waals surface area contributed by atoms with Crippen LogP contribution in [0.3, 0.4) is 0 Å². The highest BCUT2D eigenvalue weighted by Crippen LogP contribution is 2.31. The smallest absolute Gasteiger partial charge is 0.335 e. The minimum Gasteiger partial charge on any atom is -0.496 e. The molecule has 0 amide bonds. The first kappa shape index (κ1) is 20.3. The number of nitro groups is 1. The second kappa shape index (κ2) is 8.31. The maximum atomic E-state index is 12.3. The number of aliphatic imine (C=N–C) groups is 1. The fraction of sp³-hybridized carbons (Fsp3) is 0.105. The fourth-order valence-corrected chi connectivity index (χ4v) is 2.71. The molecule has 0 radical (unpaired) electrons. The van der Waals surface area contributed by atoms with E-state index in [1.807, 2.05) is 0 Å². The third-order valence-electron chi connectivity index (χ3n) is 4.16. The predicted molar refractivity (Wildman–Crippen MR) is 108 cm³/mol. The van der Waals surface area contributed by atoms with Crippen LogP contribution in [0, 0.1) is 10.1 Å². The summed E-state index contributed by atoms with van der Waals surface area (Å²) in [7, 11) is 2.75. The van der Waals surface area contributed by atoms with E-state index >= 15 is 0 Å². The molecule has 0 spiro atoms. The van der Waals surface area contributed by atoms with Crippen LogP contribution in [0.2, 0.25) is 0 Å². The van der Waals surface area contributed by atoms with Crippen LogP contribution < -0.4 is 20.7 Å². The molecule has 3 aromatic rings. The number of nitro benzene ring substituents is 1. The summed E-state index contributed by atoms with van der Waals surface area (Å²) >= 11 is 0. The van der Waals surface area contributed by atoms with Gasteiger partial charge in [0.1, 0.15) is 22.7 Å². The van der Waals surface area contributed by atoms with Crippen LogP contribution in [0.15, 0.2) is 57.0 Å². The number of aromatic hydroxyl groups is 1. The minimum absolute atomic E-state index is 0.0744. The number of methoxy groups -OCH3 is 2. The van der Waals surface area contributed by atoms with Crippen molar-refractivity contribution in [1.29, 1.82) is 0 Å². The molecular formula is C19H16N4O7. The van der Waals surface area contributed by atoms with Crippen LogP contribution >= 0.6 is 0 Å². The zero-order valence-electron chi connectivity index (χ0n) is 15.9. The van der Waals surface area contributed by atoms with Crippen LogP contribution in [0.1, 0.15) is 5.56 Å². The third-order valence-corrected chi connectivity index (χ3v) is 4.16. The van der Waals surface area contributed by atoms with Gasteiger partial charge in [0.25, 0.3) is 11.2 Å². The molecule has 0 atom stereocenters. The molecule has 0 aliphatic heterocycles. The first-order chi connectivity index (χ1) is 14.4. The number of aromatic nitrogens is 2. The van der Waals surface area contributed by atoms with Gasteiger partial charge < -0.3 is 14.6 Å². The number of nitrogens with one attached hydrogen (secondary N) is 1. The van der Waals surface area contributed by atoms with Crippen molar-refractivity contribution in [3.8, 4) is 23.1 Å². The van der Waals surface area contributed by atoms with Gasteiger partial charge in [-0.05, 0) is 24.3 Å². The number of benzene rings is 2. The SMILES string of the molecule is COc1ccc(N=Cc2c(O)n(-c3ccccc3OC)c(=O)[nH]c2=O)c([N+](=O)[O-])c1. The van der Waals surface area contributed by atoms with Crippen molar-refractivity contribution >= 4 is 17.6 Å². The molecule has 11 heteroatoms. The molecule has 3 rings (SSSR count). The highest BCUT2D eigenvalue weighted by Gasteiger charge is 2.18. The van der Waals surface area contributed by atoms with Gasteiger partial charge in [-0.15, -0.1) is 0 Å². The number of hydrogen-bond acceptors (Lipinski definition) is 8. The summed E-state index contributed by atoms with van der Waals surface area (Å²) in [6, 6.07) is 10.3. The Kier molecular flexibility index (Phi) is 5.63. The van der Waals surface area contributed by atoms with Crippen molar-refractivity contribution in [1.82, 2.24) is 9.55 Å². The number of H-pyrrole nitrogens is 1. The number of para-hydroxylation sites is 2. The van der Waals surface area contributed by atoms with E-state index in [1.165, 1.54) is 38.5 Å². The molecule has 1 aromatic heterocycles. The molecule has 1 heterocycles. The molecule has 0 fully saturated rings. The normalized spacial score (nSPS) is 10.9. The lowest BCUT2D eigenvalue weighted by molar-refractivity contribution is -0.384. The lowest BCUT2D eigenvalue weighted by atomic mass is 10.2. The Balaban J connectivity index is 2.16. The third kappa shape index (κ3) is 3.76. The average Bonchev–Trinajstić information content (AvgIpc) is 2.73. The maximum absolute atomic E-state index is 12.3. The van der Waals surface area contributed by atoms with Crippen molar-refractivity contribution < 1.29 is 19.5 Å². The van der Waals surface area contributed by atoms with E-state index in [2.05, 4.69) is 9.98 Å². The van der Waals surface area contributed by atoms with Gasteiger partial charge in [-0.2, -0.15) is 0 Å². The number of aromatic amines is 1. The summed E-state index contributed by atoms with van der Waals surface area (Å²) in [6.45, 7) is 0. The highest BCUT2D eigenvalue weighted by molar-refractivity contribution is 5.85. The predicted octanol–water partition coefficient (Wildman–Crippen LogP) is 1.91. The Hall–Kier alpha value is -4.41. The van der Waals surface area contributed by atoms with Crippen molar-refractivity contribution in [2.45, 2.75) is 0 Å². The summed E-state index contributed by atoms with van der Waals surface area (Å²) in [5.74, 6) is -0.171. The van der Waals surface area contributed by atoms with Crippen LogP contribution in [0.25, 0.3) is 5.69 Å². The van der Waals surface area contributed by atoms with Gasteiger partial charge in [-0.3, -0.25) is 19.9 Å². The summed E-state index contributed by atoms with van der Waals surface area (Å²) < 4.78 is 11.0. The quantitative estimate of drug-likeness (QED) is 0.357. The van der Waals surface area contributed by atoms with Crippen molar-refractivity contribution in [2.24, 2.45) is 4.99 Å². The van der Waals surface area contributed by atoms with E-state index in [4.69, 9.17) is 9.47 Å². The van der Waals surface area contributed by atoms with E-state index in [1.54, 1.807) is 18.2 Å². The lowest BCUT2D eigenvalue weighted by Crippen LogP contribution is -2.31. The Morgan fingerprint density at radius 3 is 2.57 bits per heavy atom. The first-order valence-electron chi connectivity index (χ1n) is 8.45. The highest BCUT2D eigenvalue weighted by atomic mass is 16.6. The van der Waals surface area contributed by atoms with E-state index < -0.39 is 22.1 Å². The van der Waals surface area contributed by atoms with E-state index in [-0.39, 0.29) is 34.1 Å². The zero-order valence-corrected chi connectivity index (χ0v) is 15.9. The Morgan fingerprint density at radius 2 is 1.90 bits per heavy atom. The van der Waals surface area contributed by atoms with Crippen molar-refractivity contribution in [3.05, 3.63) is 79.0 Å². The Morgan fingerprint density at radius 1 is 1.17 bits per heavy atom. The van der Waals surface area contributed by atoms with E-state index in [0.717, 1.165) is 10.8 Å². The molecule has 2 N–H and O–H groups in total. The van der Waals surface area contributed by atoms with Crippen LogP contribution in [-0.2, 0) is 0 Å². The molecular weight excluding hydrogens is 396 g/mol. The van der Waals surface area contributed by atoms with Crippen molar-refractivity contribution in [2.75, 3.05) is 14.2 Å². The molecule has 0 aliphatic carbocycles. The van der Waals surface area contributed by atoms with Crippen LogP contribution in [-0.4, -0.2) is 40.0 Å². The van der Waals surface area contributed by atoms with Crippen LogP contribution in [0.5, 0.6) is 17.4 Å². The number of ether oxygens (including phenoxy) is 2. The molecule has 0 saturated heterocycles. The van der Waals surface area contributed by atoms with Gasteiger partial charge in [-0.25, -0.2) is 14.4 Å². The monoisotopic (exact) mass is 412 g/mol. The first-order valence-corrected chi connectivity index (χ1v) is 8.45. The number of nitrogens with zero attached hydrogens (tertiary/aromatic N) is 3. The molecule has 154 valence electrons. The van der Waals surface area contributed by atoms with E-state index in [0.29, 0.717) is 0 Å². The average molecular weight is 412 g/mol. The van der Waals surface area contributed by atoms with Gasteiger partial charge in [0.05, 0.1) is 30.9 Å². The summed E-state index contributed by atoms with van der Waals surface area (Å²) in [4.78, 5) is 41.2. The molecule has 0 bridgehead atoms. The standard InChI is InChI=1S/C19H16N4O7/c1-29-11-7-8-13(15(9-11)23(27)28)20-10-12-17(24)21-19(26)22(18(12)25)14-5-3-4-6-16(14)30-2/h3-10,25H,1-2H3,(H,21,24,26). The number of hydrogen-bond donors (Lipinski definition) is 2. The molecule has 0 unspecified atom stereocenters. The fourth-order valence-electron chi connectivity index (χ4n) is 2.71. The topological polar surface area (TPSA) is 149 Å². The minimum atomic E-state index is -0.913. The molecule has 0 aliphatic rings. The summed E-state index contributed by atoms with van der Waals surface area (Å²) in [6.07, 6.45) is 0.939. The maximum Gasteiger partial charge on any atom is 0.335 e. The summed E-state index contributed by atoms with van der Waals surface area (Å²) in [5, 5.41) is 21.9. The second-order valence-electron chi connectivity index (χ2n) is 5.87. The van der Waals surface area contributed by atoms with Gasteiger partial charge in [-0.1, -0.05) is 12.1 Å². The lowest BCUT2D eigenvalue weighted by Gasteiger charge is -2.12. The Labute approximate surface area is 168 Å². The molecule has 11 nitrogen and oxygen atoms in total. The molecule has 0 saturated carbocycles. The zero-order chi connectivity index (χ0) is 21.8. The van der Waals surface area contributed by atoms with Crippen molar-refractivity contribution in [3.63, 3.8) is 0 Å². The summed E-state index contributed by atoms with van der Waals surface area (Å²) in [5.41, 5.74) is -2.43. The second-order valence-corrected chi connectivity index (χ2v) is 5.87. The van der Waals surface area contributed by atoms with Gasteiger partial charge in [0.15, 0.2) is 0 Å². The van der Waals surface area contributed by atoms with Crippen LogP contribution in [0.4, 0.5) is 11.4 Å². The van der Waals surface area contributed by atoms with Gasteiger partial charge in [0.2, 0.25) is 5.88 Å². The largest absolute Gasteiger partial charge is 0.496 e.